The van der Waals surface area contributed by atoms with Gasteiger partial charge in [-0.25, -0.2) is 0 Å². The predicted molar refractivity (Wildman–Crippen MR) is 64.9 cm³/mol. The Kier molecular flexibility index (Phi) is 4.50. The van der Waals surface area contributed by atoms with Gasteiger partial charge >= 0.3 is 0 Å². The van der Waals surface area contributed by atoms with E-state index in [1.807, 2.05) is 7.05 Å². The zero-order valence-corrected chi connectivity index (χ0v) is 10.2. The number of ether oxygens (including phenoxy) is 2. The smallest absolute Gasteiger partial charge is 0.231 e. The lowest BCUT2D eigenvalue weighted by atomic mass is 10.4. The number of aromatic nitrogens is 2. The van der Waals surface area contributed by atoms with Crippen LogP contribution >= 0.6 is 0 Å². The molecule has 0 amide bonds. The highest BCUT2D eigenvalue weighted by molar-refractivity contribution is 5.77. The molecule has 0 fully saturated rings. The molecule has 0 saturated heterocycles. The summed E-state index contributed by atoms with van der Waals surface area (Å²) in [6.07, 6.45) is 0.458. The zero-order chi connectivity index (χ0) is 12.8. The van der Waals surface area contributed by atoms with Crippen LogP contribution < -0.4 is 20.1 Å². The summed E-state index contributed by atoms with van der Waals surface area (Å²) in [6.45, 7) is 0.561. The standard InChI is InChI=1S/C10H17N5O2/c1-15(5-4-7(11)12)10-13-8(16-2)6-9(14-10)17-3/h6H,4-5H2,1-3H3,(H3,11,12). The Morgan fingerprint density at radius 1 is 1.35 bits per heavy atom. The highest BCUT2D eigenvalue weighted by atomic mass is 16.5. The SMILES string of the molecule is COc1cc(OC)nc(N(C)CCC(=N)N)n1. The molecule has 7 nitrogen and oxygen atoms in total. The molecule has 17 heavy (non-hydrogen) atoms. The van der Waals surface area contributed by atoms with Crippen LogP contribution in [0.1, 0.15) is 6.42 Å². The Labute approximate surface area is 100 Å². The van der Waals surface area contributed by atoms with E-state index in [1.165, 1.54) is 14.2 Å². The first-order valence-corrected chi connectivity index (χ1v) is 5.08. The molecule has 0 bridgehead atoms. The van der Waals surface area contributed by atoms with Crippen molar-refractivity contribution in [2.75, 3.05) is 32.7 Å². The number of hydrogen-bond acceptors (Lipinski definition) is 6. The minimum atomic E-state index is 0.131. The molecule has 1 aromatic heterocycles. The summed E-state index contributed by atoms with van der Waals surface area (Å²) < 4.78 is 10.1. The molecule has 0 radical (unpaired) electrons. The monoisotopic (exact) mass is 239 g/mol. The largest absolute Gasteiger partial charge is 0.481 e. The lowest BCUT2D eigenvalue weighted by molar-refractivity contribution is 0.372. The van der Waals surface area contributed by atoms with E-state index < -0.39 is 0 Å². The first-order chi connectivity index (χ1) is 8.06. The van der Waals surface area contributed by atoms with E-state index in [9.17, 15) is 0 Å². The molecule has 0 aromatic carbocycles. The Morgan fingerprint density at radius 3 is 2.29 bits per heavy atom. The molecule has 1 aromatic rings. The van der Waals surface area contributed by atoms with Crippen molar-refractivity contribution in [3.05, 3.63) is 6.07 Å². The Bertz CT molecular complexity index is 374. The summed E-state index contributed by atoms with van der Waals surface area (Å²) in [4.78, 5) is 10.1. The second-order valence-electron chi connectivity index (χ2n) is 3.45. The number of nitrogens with two attached hydrogens (primary N) is 1. The van der Waals surface area contributed by atoms with Crippen LogP contribution in [0.5, 0.6) is 11.8 Å². The second kappa shape index (κ2) is 5.88. The van der Waals surface area contributed by atoms with Crippen LogP contribution in [-0.4, -0.2) is 43.6 Å². The molecule has 1 rings (SSSR count). The highest BCUT2D eigenvalue weighted by Crippen LogP contribution is 2.19. The summed E-state index contributed by atoms with van der Waals surface area (Å²) in [7, 11) is 4.87. The van der Waals surface area contributed by atoms with Crippen molar-refractivity contribution < 1.29 is 9.47 Å². The van der Waals surface area contributed by atoms with Crippen LogP contribution in [0.4, 0.5) is 5.95 Å². The van der Waals surface area contributed by atoms with E-state index in [0.29, 0.717) is 30.7 Å². The molecular formula is C10H17N5O2. The topological polar surface area (TPSA) is 97.4 Å². The van der Waals surface area contributed by atoms with Crippen molar-refractivity contribution in [3.8, 4) is 11.8 Å². The molecule has 94 valence electrons. The van der Waals surface area contributed by atoms with Crippen LogP contribution in [0.3, 0.4) is 0 Å². The van der Waals surface area contributed by atoms with Crippen LogP contribution in [0.15, 0.2) is 6.07 Å². The second-order valence-corrected chi connectivity index (χ2v) is 3.45. The average Bonchev–Trinajstić information content (AvgIpc) is 2.34. The minimum Gasteiger partial charge on any atom is -0.481 e. The van der Waals surface area contributed by atoms with Gasteiger partial charge in [0.2, 0.25) is 17.7 Å². The number of nitrogens with zero attached hydrogens (tertiary/aromatic N) is 3. The van der Waals surface area contributed by atoms with Gasteiger partial charge < -0.3 is 20.1 Å². The summed E-state index contributed by atoms with van der Waals surface area (Å²) in [6, 6.07) is 1.60. The van der Waals surface area contributed by atoms with Crippen molar-refractivity contribution in [2.45, 2.75) is 6.42 Å². The number of methoxy groups -OCH3 is 2. The van der Waals surface area contributed by atoms with Gasteiger partial charge in [-0.2, -0.15) is 9.97 Å². The lowest BCUT2D eigenvalue weighted by Gasteiger charge is -2.17. The summed E-state index contributed by atoms with van der Waals surface area (Å²) >= 11 is 0. The van der Waals surface area contributed by atoms with Crippen LogP contribution in [0, 0.1) is 5.41 Å². The van der Waals surface area contributed by atoms with Gasteiger partial charge in [0.05, 0.1) is 26.1 Å². The molecule has 1 heterocycles. The maximum atomic E-state index is 7.17. The summed E-state index contributed by atoms with van der Waals surface area (Å²) in [5, 5.41) is 7.17. The molecule has 0 saturated carbocycles. The molecule has 0 unspecified atom stereocenters. The van der Waals surface area contributed by atoms with Crippen LogP contribution in [-0.2, 0) is 0 Å². The number of anilines is 1. The predicted octanol–water partition coefficient (Wildman–Crippen LogP) is 0.256. The molecule has 0 aliphatic heterocycles. The Balaban J connectivity index is 2.84. The maximum Gasteiger partial charge on any atom is 0.231 e. The fourth-order valence-corrected chi connectivity index (χ4v) is 1.16. The summed E-state index contributed by atoms with van der Waals surface area (Å²) in [5.74, 6) is 1.47. The number of amidine groups is 1. The van der Waals surface area contributed by atoms with Crippen molar-refractivity contribution >= 4 is 11.8 Å². The first kappa shape index (κ1) is 13.0. The molecule has 0 aliphatic carbocycles. The van der Waals surface area contributed by atoms with Gasteiger partial charge in [0.15, 0.2) is 0 Å². The van der Waals surface area contributed by atoms with E-state index >= 15 is 0 Å². The van der Waals surface area contributed by atoms with Gasteiger partial charge in [-0.05, 0) is 0 Å². The maximum absolute atomic E-state index is 7.17. The van der Waals surface area contributed by atoms with Gasteiger partial charge in [0.25, 0.3) is 0 Å². The third kappa shape index (κ3) is 3.78. The average molecular weight is 239 g/mol. The quantitative estimate of drug-likeness (QED) is 0.545. The van der Waals surface area contributed by atoms with Gasteiger partial charge in [-0.15, -0.1) is 0 Å². The van der Waals surface area contributed by atoms with Crippen molar-refractivity contribution in [2.24, 2.45) is 5.73 Å². The van der Waals surface area contributed by atoms with E-state index in [-0.39, 0.29) is 5.84 Å². The number of hydrogen-bond donors (Lipinski definition) is 2. The van der Waals surface area contributed by atoms with Crippen LogP contribution in [0.25, 0.3) is 0 Å². The molecule has 0 spiro atoms. The normalized spacial score (nSPS) is 9.82. The molecule has 0 aliphatic rings. The first-order valence-electron chi connectivity index (χ1n) is 5.08. The third-order valence-electron chi connectivity index (χ3n) is 2.14. The van der Waals surface area contributed by atoms with E-state index in [0.717, 1.165) is 0 Å². The fourth-order valence-electron chi connectivity index (χ4n) is 1.16. The van der Waals surface area contributed by atoms with E-state index in [1.54, 1.807) is 11.0 Å². The number of rotatable bonds is 6. The minimum absolute atomic E-state index is 0.131. The van der Waals surface area contributed by atoms with Crippen molar-refractivity contribution in [1.82, 2.24) is 9.97 Å². The molecule has 7 heteroatoms. The zero-order valence-electron chi connectivity index (χ0n) is 10.2. The third-order valence-corrected chi connectivity index (χ3v) is 2.14. The van der Waals surface area contributed by atoms with Crippen molar-refractivity contribution in [1.29, 1.82) is 5.41 Å². The van der Waals surface area contributed by atoms with Gasteiger partial charge in [0.1, 0.15) is 0 Å². The van der Waals surface area contributed by atoms with E-state index in [4.69, 9.17) is 20.6 Å². The molecule has 0 atom stereocenters. The van der Waals surface area contributed by atoms with Gasteiger partial charge in [-0.3, -0.25) is 5.41 Å². The van der Waals surface area contributed by atoms with Crippen molar-refractivity contribution in [3.63, 3.8) is 0 Å². The molecular weight excluding hydrogens is 222 g/mol. The summed E-state index contributed by atoms with van der Waals surface area (Å²) in [5.41, 5.74) is 5.30. The highest BCUT2D eigenvalue weighted by Gasteiger charge is 2.09. The van der Waals surface area contributed by atoms with Gasteiger partial charge in [-0.1, -0.05) is 0 Å². The number of nitrogens with one attached hydrogen (secondary N) is 1. The Morgan fingerprint density at radius 2 is 1.88 bits per heavy atom. The Hall–Kier alpha value is -2.05. The lowest BCUT2D eigenvalue weighted by Crippen LogP contribution is -2.25. The molecule has 3 N–H and O–H groups in total. The van der Waals surface area contributed by atoms with Gasteiger partial charge in [0, 0.05) is 20.0 Å². The van der Waals surface area contributed by atoms with Crippen LogP contribution in [0.2, 0.25) is 0 Å². The van der Waals surface area contributed by atoms with E-state index in [2.05, 4.69) is 9.97 Å². The fraction of sp³-hybridized carbons (Fsp3) is 0.500.